The molecule has 1 aromatic heterocycles. The second kappa shape index (κ2) is 3.42. The molecule has 0 aromatic carbocycles. The smallest absolute Gasteiger partial charge is 0.145 e. The van der Waals surface area contributed by atoms with Gasteiger partial charge in [-0.25, -0.2) is 4.98 Å². The van der Waals surface area contributed by atoms with Crippen molar-refractivity contribution in [1.82, 2.24) is 4.98 Å². The molecule has 53 valence electrons. The fourth-order valence-electron chi connectivity index (χ4n) is 0.638. The number of rotatable bonds is 2. The first-order chi connectivity index (χ1) is 4.84. The second-order valence-electron chi connectivity index (χ2n) is 1.78. The summed E-state index contributed by atoms with van der Waals surface area (Å²) < 4.78 is 0. The zero-order valence-electron chi connectivity index (χ0n) is 5.69. The lowest BCUT2D eigenvalue weighted by molar-refractivity contribution is 1.16. The van der Waals surface area contributed by atoms with Gasteiger partial charge < -0.3 is 5.32 Å². The van der Waals surface area contributed by atoms with Crippen LogP contribution in [0.4, 0.5) is 5.82 Å². The molecule has 0 aliphatic carbocycles. The van der Waals surface area contributed by atoms with Gasteiger partial charge in [0.25, 0.3) is 0 Å². The van der Waals surface area contributed by atoms with Gasteiger partial charge in [0.15, 0.2) is 0 Å². The van der Waals surface area contributed by atoms with Gasteiger partial charge in [0.05, 0.1) is 5.02 Å². The molecule has 0 amide bonds. The first kappa shape index (κ1) is 7.35. The lowest BCUT2D eigenvalue weighted by Gasteiger charge is -2.01. The van der Waals surface area contributed by atoms with Gasteiger partial charge in [-0.05, 0) is 13.0 Å². The molecule has 1 N–H and O–H groups in total. The minimum Gasteiger partial charge on any atom is -0.369 e. The molecule has 0 bridgehead atoms. The second-order valence-corrected chi connectivity index (χ2v) is 2.16. The van der Waals surface area contributed by atoms with Crippen LogP contribution in [-0.2, 0) is 0 Å². The topological polar surface area (TPSA) is 24.9 Å². The summed E-state index contributed by atoms with van der Waals surface area (Å²) >= 11 is 5.72. The van der Waals surface area contributed by atoms with Gasteiger partial charge in [-0.1, -0.05) is 11.6 Å². The van der Waals surface area contributed by atoms with E-state index < -0.39 is 0 Å². The Bertz CT molecular complexity index is 213. The number of halogens is 1. The lowest BCUT2D eigenvalue weighted by atomic mass is 10.4. The van der Waals surface area contributed by atoms with Gasteiger partial charge in [-0.15, -0.1) is 0 Å². The number of anilines is 1. The summed E-state index contributed by atoms with van der Waals surface area (Å²) in [6.07, 6.45) is 1.66. The van der Waals surface area contributed by atoms with Crippen LogP contribution in [-0.4, -0.2) is 11.5 Å². The third kappa shape index (κ3) is 1.61. The predicted molar refractivity (Wildman–Crippen MR) is 42.2 cm³/mol. The van der Waals surface area contributed by atoms with Crippen LogP contribution in [0.2, 0.25) is 5.02 Å². The minimum atomic E-state index is 0.546. The van der Waals surface area contributed by atoms with Crippen LogP contribution in [0.25, 0.3) is 0 Å². The van der Waals surface area contributed by atoms with E-state index in [9.17, 15) is 0 Å². The number of nitrogens with one attached hydrogen (secondary N) is 1. The zero-order chi connectivity index (χ0) is 7.40. The summed E-state index contributed by atoms with van der Waals surface area (Å²) in [5.74, 6) is 0.701. The first-order valence-electron chi connectivity index (χ1n) is 3.10. The molecule has 1 rings (SSSR count). The van der Waals surface area contributed by atoms with Crippen molar-refractivity contribution in [3.63, 3.8) is 0 Å². The van der Waals surface area contributed by atoms with E-state index in [0.717, 1.165) is 6.54 Å². The Labute approximate surface area is 65.2 Å². The van der Waals surface area contributed by atoms with E-state index >= 15 is 0 Å². The summed E-state index contributed by atoms with van der Waals surface area (Å²) in [6, 6.07) is 4.51. The third-order valence-corrected chi connectivity index (χ3v) is 1.33. The SMILES string of the molecule is CCNc1ncc[c]c1Cl. The van der Waals surface area contributed by atoms with Gasteiger partial charge in [0.1, 0.15) is 5.82 Å². The third-order valence-electron chi connectivity index (χ3n) is 1.04. The van der Waals surface area contributed by atoms with Crippen molar-refractivity contribution in [2.75, 3.05) is 11.9 Å². The number of pyridine rings is 1. The van der Waals surface area contributed by atoms with Crippen LogP contribution in [0, 0.1) is 6.07 Å². The molecule has 10 heavy (non-hydrogen) atoms. The standard InChI is InChI=1S/C7H8ClN2/c1-2-9-7-6(8)4-3-5-10-7/h3,5H,2H2,1H3,(H,9,10). The minimum absolute atomic E-state index is 0.546. The van der Waals surface area contributed by atoms with Crippen molar-refractivity contribution >= 4 is 17.4 Å². The Morgan fingerprint density at radius 2 is 2.60 bits per heavy atom. The molecule has 0 atom stereocenters. The highest BCUT2D eigenvalue weighted by atomic mass is 35.5. The molecule has 1 aromatic rings. The van der Waals surface area contributed by atoms with E-state index in [2.05, 4.69) is 16.4 Å². The molecular formula is C7H8ClN2. The van der Waals surface area contributed by atoms with Crippen molar-refractivity contribution in [3.05, 3.63) is 23.4 Å². The molecule has 0 unspecified atom stereocenters. The number of nitrogens with zero attached hydrogens (tertiary/aromatic N) is 1. The Balaban J connectivity index is 2.81. The Hall–Kier alpha value is -0.760. The van der Waals surface area contributed by atoms with Crippen molar-refractivity contribution < 1.29 is 0 Å². The molecule has 0 fully saturated rings. The quantitative estimate of drug-likeness (QED) is 0.707. The number of aromatic nitrogens is 1. The van der Waals surface area contributed by atoms with Crippen LogP contribution < -0.4 is 5.32 Å². The summed E-state index contributed by atoms with van der Waals surface area (Å²) in [7, 11) is 0. The average Bonchev–Trinajstić information content (AvgIpc) is 1.94. The zero-order valence-corrected chi connectivity index (χ0v) is 6.44. The van der Waals surface area contributed by atoms with Crippen LogP contribution >= 0.6 is 11.6 Å². The molecule has 3 heteroatoms. The molecule has 1 heterocycles. The van der Waals surface area contributed by atoms with E-state index in [0.29, 0.717) is 10.8 Å². The number of hydrogen-bond acceptors (Lipinski definition) is 2. The summed E-state index contributed by atoms with van der Waals surface area (Å²) in [5.41, 5.74) is 0. The maximum absolute atomic E-state index is 5.72. The van der Waals surface area contributed by atoms with Gasteiger partial charge in [-0.3, -0.25) is 0 Å². The highest BCUT2D eigenvalue weighted by Crippen LogP contribution is 2.15. The summed E-state index contributed by atoms with van der Waals surface area (Å²) in [4.78, 5) is 3.99. The van der Waals surface area contributed by atoms with E-state index in [4.69, 9.17) is 11.6 Å². The van der Waals surface area contributed by atoms with Crippen molar-refractivity contribution in [2.45, 2.75) is 6.92 Å². The van der Waals surface area contributed by atoms with E-state index in [1.165, 1.54) is 0 Å². The first-order valence-corrected chi connectivity index (χ1v) is 3.48. The molecule has 0 saturated heterocycles. The van der Waals surface area contributed by atoms with E-state index in [1.54, 1.807) is 12.3 Å². The van der Waals surface area contributed by atoms with Crippen LogP contribution in [0.1, 0.15) is 6.92 Å². The highest BCUT2D eigenvalue weighted by Gasteiger charge is 1.95. The maximum Gasteiger partial charge on any atom is 0.145 e. The van der Waals surface area contributed by atoms with Gasteiger partial charge in [0.2, 0.25) is 0 Å². The van der Waals surface area contributed by atoms with Crippen LogP contribution in [0.3, 0.4) is 0 Å². The van der Waals surface area contributed by atoms with E-state index in [1.807, 2.05) is 6.92 Å². The number of hydrogen-bond donors (Lipinski definition) is 1. The Morgan fingerprint density at radius 3 is 3.20 bits per heavy atom. The molecule has 0 spiro atoms. The van der Waals surface area contributed by atoms with Gasteiger partial charge >= 0.3 is 0 Å². The molecule has 0 aliphatic heterocycles. The average molecular weight is 156 g/mol. The summed E-state index contributed by atoms with van der Waals surface area (Å²) in [5, 5.41) is 3.55. The highest BCUT2D eigenvalue weighted by molar-refractivity contribution is 6.32. The molecule has 2 nitrogen and oxygen atoms in total. The molecule has 0 aliphatic rings. The fraction of sp³-hybridized carbons (Fsp3) is 0.286. The van der Waals surface area contributed by atoms with Gasteiger partial charge in [-0.2, -0.15) is 0 Å². The van der Waals surface area contributed by atoms with Crippen molar-refractivity contribution in [3.8, 4) is 0 Å². The normalized spacial score (nSPS) is 9.40. The Morgan fingerprint density at radius 1 is 1.80 bits per heavy atom. The summed E-state index contributed by atoms with van der Waals surface area (Å²) in [6.45, 7) is 2.82. The van der Waals surface area contributed by atoms with Crippen LogP contribution in [0.5, 0.6) is 0 Å². The monoisotopic (exact) mass is 155 g/mol. The predicted octanol–water partition coefficient (Wildman–Crippen LogP) is 1.97. The van der Waals surface area contributed by atoms with E-state index in [-0.39, 0.29) is 0 Å². The van der Waals surface area contributed by atoms with Gasteiger partial charge in [0, 0.05) is 18.8 Å². The molecule has 1 radical (unpaired) electrons. The maximum atomic E-state index is 5.72. The van der Waals surface area contributed by atoms with Crippen LogP contribution in [0.15, 0.2) is 12.3 Å². The molecular weight excluding hydrogens is 148 g/mol. The lowest BCUT2D eigenvalue weighted by Crippen LogP contribution is -1.98. The largest absolute Gasteiger partial charge is 0.369 e. The fourth-order valence-corrected chi connectivity index (χ4v) is 0.817. The van der Waals surface area contributed by atoms with Crippen molar-refractivity contribution in [2.24, 2.45) is 0 Å². The molecule has 0 saturated carbocycles. The Kier molecular flexibility index (Phi) is 2.51. The van der Waals surface area contributed by atoms with Crippen molar-refractivity contribution in [1.29, 1.82) is 0 Å².